The number of nitrogens with one attached hydrogen (secondary N) is 2. The van der Waals surface area contributed by atoms with Crippen LogP contribution in [0.5, 0.6) is 0 Å². The van der Waals surface area contributed by atoms with Gasteiger partial charge >= 0.3 is 18.2 Å². The second-order valence-electron chi connectivity index (χ2n) is 4.22. The molecule has 9 nitrogen and oxygen atoms in total. The Morgan fingerprint density at radius 3 is 2.48 bits per heavy atom. The van der Waals surface area contributed by atoms with E-state index in [1.807, 2.05) is 0 Å². The number of pyridine rings is 1. The number of anilines is 2. The molecular weight excluding hydrogens is 321 g/mol. The highest BCUT2D eigenvalue weighted by molar-refractivity contribution is 5.95. The molecule has 122 valence electrons. The zero-order chi connectivity index (χ0) is 17.2. The van der Waals surface area contributed by atoms with Gasteiger partial charge < -0.3 is 10.4 Å². The SMILES string of the molecule is Cn1nnc(-c2ccc(NC(=O)C(F)(F)F)cn2)c1NC(=O)O. The molecule has 23 heavy (non-hydrogen) atoms. The van der Waals surface area contributed by atoms with Gasteiger partial charge in [-0.2, -0.15) is 13.2 Å². The zero-order valence-corrected chi connectivity index (χ0v) is 11.4. The minimum Gasteiger partial charge on any atom is -0.465 e. The first-order valence-corrected chi connectivity index (χ1v) is 5.92. The molecule has 0 saturated heterocycles. The molecular formula is C11H9F3N6O3. The summed E-state index contributed by atoms with van der Waals surface area (Å²) in [7, 11) is 1.44. The van der Waals surface area contributed by atoms with Crippen molar-refractivity contribution in [2.75, 3.05) is 10.6 Å². The number of hydrogen-bond donors (Lipinski definition) is 3. The van der Waals surface area contributed by atoms with E-state index in [-0.39, 0.29) is 22.9 Å². The molecule has 0 saturated carbocycles. The Kier molecular flexibility index (Phi) is 4.16. The third kappa shape index (κ3) is 3.72. The quantitative estimate of drug-likeness (QED) is 0.783. The number of halogens is 3. The Bertz CT molecular complexity index is 740. The average Bonchev–Trinajstić information content (AvgIpc) is 2.79. The van der Waals surface area contributed by atoms with E-state index in [9.17, 15) is 22.8 Å². The standard InChI is InChI=1S/C11H9F3N6O3/c1-20-8(17-10(22)23)7(18-19-20)6-3-2-5(4-15-6)16-9(21)11(12,13)14/h2-4,17H,1H3,(H,16,21)(H,22,23). The number of amides is 2. The molecule has 0 aliphatic heterocycles. The summed E-state index contributed by atoms with van der Waals surface area (Å²) in [6, 6.07) is 2.44. The minimum atomic E-state index is -5.01. The van der Waals surface area contributed by atoms with E-state index in [1.165, 1.54) is 19.2 Å². The van der Waals surface area contributed by atoms with Crippen LogP contribution in [0.15, 0.2) is 18.3 Å². The Labute approximate surface area is 126 Å². The van der Waals surface area contributed by atoms with E-state index in [4.69, 9.17) is 5.11 Å². The van der Waals surface area contributed by atoms with Gasteiger partial charge in [-0.05, 0) is 12.1 Å². The van der Waals surface area contributed by atoms with Gasteiger partial charge in [0.15, 0.2) is 11.5 Å². The molecule has 0 bridgehead atoms. The maximum Gasteiger partial charge on any atom is 0.471 e. The number of carboxylic acid groups (broad SMARTS) is 1. The largest absolute Gasteiger partial charge is 0.471 e. The van der Waals surface area contributed by atoms with Crippen molar-refractivity contribution in [1.82, 2.24) is 20.0 Å². The minimum absolute atomic E-state index is 0.0390. The summed E-state index contributed by atoms with van der Waals surface area (Å²) in [5.41, 5.74) is 0.0724. The number of nitrogens with zero attached hydrogens (tertiary/aromatic N) is 4. The topological polar surface area (TPSA) is 122 Å². The fourth-order valence-electron chi connectivity index (χ4n) is 1.58. The van der Waals surface area contributed by atoms with Crippen LogP contribution in [0.4, 0.5) is 29.5 Å². The number of carbonyl (C=O) groups excluding carboxylic acids is 1. The van der Waals surface area contributed by atoms with Crippen LogP contribution in [0.3, 0.4) is 0 Å². The fraction of sp³-hybridized carbons (Fsp3) is 0.182. The van der Waals surface area contributed by atoms with Crippen LogP contribution < -0.4 is 10.6 Å². The Morgan fingerprint density at radius 2 is 1.96 bits per heavy atom. The van der Waals surface area contributed by atoms with E-state index in [1.54, 1.807) is 5.32 Å². The number of aryl methyl sites for hydroxylation is 1. The van der Waals surface area contributed by atoms with Crippen LogP contribution in [0, 0.1) is 0 Å². The second-order valence-corrected chi connectivity index (χ2v) is 4.22. The third-order valence-electron chi connectivity index (χ3n) is 2.57. The van der Waals surface area contributed by atoms with Crippen LogP contribution >= 0.6 is 0 Å². The van der Waals surface area contributed by atoms with Crippen molar-refractivity contribution < 1.29 is 27.9 Å². The van der Waals surface area contributed by atoms with Crippen LogP contribution in [0.25, 0.3) is 11.4 Å². The predicted octanol–water partition coefficient (Wildman–Crippen LogP) is 1.47. The maximum atomic E-state index is 12.1. The molecule has 2 aromatic heterocycles. The maximum absolute atomic E-state index is 12.1. The smallest absolute Gasteiger partial charge is 0.465 e. The van der Waals surface area contributed by atoms with Crippen molar-refractivity contribution in [2.45, 2.75) is 6.18 Å². The molecule has 2 aromatic rings. The molecule has 0 unspecified atom stereocenters. The first-order valence-electron chi connectivity index (χ1n) is 5.92. The molecule has 0 radical (unpaired) electrons. The van der Waals surface area contributed by atoms with E-state index in [2.05, 4.69) is 20.6 Å². The monoisotopic (exact) mass is 330 g/mol. The molecule has 0 fully saturated rings. The molecule has 2 heterocycles. The van der Waals surface area contributed by atoms with Gasteiger partial charge in [0.25, 0.3) is 0 Å². The van der Waals surface area contributed by atoms with Gasteiger partial charge in [-0.3, -0.25) is 15.1 Å². The van der Waals surface area contributed by atoms with E-state index < -0.39 is 18.2 Å². The number of rotatable bonds is 3. The van der Waals surface area contributed by atoms with Gasteiger partial charge in [-0.1, -0.05) is 5.21 Å². The number of alkyl halides is 3. The molecule has 12 heteroatoms. The Hall–Kier alpha value is -3.18. The Balaban J connectivity index is 2.24. The van der Waals surface area contributed by atoms with Crippen molar-refractivity contribution in [2.24, 2.45) is 7.05 Å². The normalized spacial score (nSPS) is 11.1. The van der Waals surface area contributed by atoms with Crippen LogP contribution in [-0.2, 0) is 11.8 Å². The van der Waals surface area contributed by atoms with Crippen molar-refractivity contribution in [3.8, 4) is 11.4 Å². The van der Waals surface area contributed by atoms with Crippen LogP contribution in [0.1, 0.15) is 0 Å². The summed E-state index contributed by atoms with van der Waals surface area (Å²) in [6.45, 7) is 0. The highest BCUT2D eigenvalue weighted by atomic mass is 19.4. The van der Waals surface area contributed by atoms with Gasteiger partial charge in [0.2, 0.25) is 0 Å². The van der Waals surface area contributed by atoms with Crippen molar-refractivity contribution in [3.63, 3.8) is 0 Å². The molecule has 0 aliphatic rings. The van der Waals surface area contributed by atoms with Crippen LogP contribution in [0.2, 0.25) is 0 Å². The molecule has 0 spiro atoms. The lowest BCUT2D eigenvalue weighted by Crippen LogP contribution is -2.29. The van der Waals surface area contributed by atoms with E-state index in [0.29, 0.717) is 0 Å². The molecule has 0 atom stereocenters. The first-order chi connectivity index (χ1) is 10.7. The summed E-state index contributed by atoms with van der Waals surface area (Å²) >= 11 is 0. The summed E-state index contributed by atoms with van der Waals surface area (Å²) in [6.07, 6.45) is -5.37. The van der Waals surface area contributed by atoms with Crippen molar-refractivity contribution >= 4 is 23.5 Å². The highest BCUT2D eigenvalue weighted by Gasteiger charge is 2.38. The van der Waals surface area contributed by atoms with E-state index >= 15 is 0 Å². The summed E-state index contributed by atoms with van der Waals surface area (Å²) < 4.78 is 37.6. The number of hydrogen-bond acceptors (Lipinski definition) is 5. The number of carbonyl (C=O) groups is 2. The zero-order valence-electron chi connectivity index (χ0n) is 11.4. The summed E-state index contributed by atoms with van der Waals surface area (Å²) in [5, 5.41) is 19.8. The molecule has 0 aromatic carbocycles. The molecule has 0 aliphatic carbocycles. The lowest BCUT2D eigenvalue weighted by Gasteiger charge is -2.08. The average molecular weight is 330 g/mol. The lowest BCUT2D eigenvalue weighted by atomic mass is 10.2. The van der Waals surface area contributed by atoms with Crippen LogP contribution in [-0.4, -0.2) is 43.3 Å². The molecule has 2 rings (SSSR count). The molecule has 2 amide bonds. The van der Waals surface area contributed by atoms with Gasteiger partial charge in [0, 0.05) is 7.05 Å². The van der Waals surface area contributed by atoms with Gasteiger partial charge in [0.1, 0.15) is 0 Å². The first kappa shape index (κ1) is 16.2. The fourth-order valence-corrected chi connectivity index (χ4v) is 1.58. The number of aromatic nitrogens is 4. The van der Waals surface area contributed by atoms with E-state index in [0.717, 1.165) is 10.9 Å². The Morgan fingerprint density at radius 1 is 1.26 bits per heavy atom. The second kappa shape index (κ2) is 5.90. The summed E-state index contributed by atoms with van der Waals surface area (Å²) in [5.74, 6) is -2.09. The van der Waals surface area contributed by atoms with Crippen molar-refractivity contribution in [3.05, 3.63) is 18.3 Å². The van der Waals surface area contributed by atoms with Gasteiger partial charge in [-0.25, -0.2) is 9.48 Å². The highest BCUT2D eigenvalue weighted by Crippen LogP contribution is 2.24. The van der Waals surface area contributed by atoms with Gasteiger partial charge in [-0.15, -0.1) is 5.10 Å². The summed E-state index contributed by atoms with van der Waals surface area (Å²) in [4.78, 5) is 25.4. The van der Waals surface area contributed by atoms with Gasteiger partial charge in [0.05, 0.1) is 17.6 Å². The third-order valence-corrected chi connectivity index (χ3v) is 2.57. The lowest BCUT2D eigenvalue weighted by molar-refractivity contribution is -0.167. The van der Waals surface area contributed by atoms with Crippen molar-refractivity contribution in [1.29, 1.82) is 0 Å². The predicted molar refractivity (Wildman–Crippen MR) is 70.6 cm³/mol. The molecule has 3 N–H and O–H groups in total.